The van der Waals surface area contributed by atoms with Gasteiger partial charge in [0.25, 0.3) is 6.01 Å². The molecule has 4 heteroatoms. The summed E-state index contributed by atoms with van der Waals surface area (Å²) in [5, 5.41) is 0.772. The van der Waals surface area contributed by atoms with Gasteiger partial charge in [-0.05, 0) is 37.5 Å². The summed E-state index contributed by atoms with van der Waals surface area (Å²) in [6.07, 6.45) is 5.37. The minimum Gasteiger partial charge on any atom is -0.423 e. The Kier molecular flexibility index (Phi) is 3.14. The first-order valence-electron chi connectivity index (χ1n) is 7.57. The van der Waals surface area contributed by atoms with Crippen LogP contribution in [0, 0.1) is 6.92 Å². The molecule has 1 saturated carbocycles. The van der Waals surface area contributed by atoms with Crippen molar-refractivity contribution < 1.29 is 4.42 Å². The molecule has 0 bridgehead atoms. The summed E-state index contributed by atoms with van der Waals surface area (Å²) in [4.78, 5) is 7.16. The van der Waals surface area contributed by atoms with E-state index in [0.717, 1.165) is 28.9 Å². The number of oxazole rings is 1. The molecular formula is C16H20N2OS. The third-order valence-electron chi connectivity index (χ3n) is 4.51. The van der Waals surface area contributed by atoms with Crippen molar-refractivity contribution in [1.82, 2.24) is 4.98 Å². The Labute approximate surface area is 123 Å². The molecule has 2 fully saturated rings. The molecule has 1 aliphatic carbocycles. The maximum absolute atomic E-state index is 6.02. The van der Waals surface area contributed by atoms with Crippen LogP contribution < -0.4 is 4.90 Å². The summed E-state index contributed by atoms with van der Waals surface area (Å²) in [5.41, 5.74) is 3.14. The molecular weight excluding hydrogens is 268 g/mol. The van der Waals surface area contributed by atoms with Gasteiger partial charge in [-0.1, -0.05) is 18.9 Å². The van der Waals surface area contributed by atoms with Crippen molar-refractivity contribution in [3.8, 4) is 0 Å². The average molecular weight is 288 g/mol. The van der Waals surface area contributed by atoms with Crippen LogP contribution in [0.4, 0.5) is 6.01 Å². The number of nitrogens with zero attached hydrogens (tertiary/aromatic N) is 2. The fourth-order valence-electron chi connectivity index (χ4n) is 3.48. The molecule has 4 rings (SSSR count). The summed E-state index contributed by atoms with van der Waals surface area (Å²) in [6.45, 7) is 3.17. The van der Waals surface area contributed by atoms with E-state index in [1.807, 2.05) is 6.07 Å². The van der Waals surface area contributed by atoms with Gasteiger partial charge < -0.3 is 9.32 Å². The second-order valence-electron chi connectivity index (χ2n) is 5.92. The molecule has 0 amide bonds. The fraction of sp³-hybridized carbons (Fsp3) is 0.562. The monoisotopic (exact) mass is 288 g/mol. The van der Waals surface area contributed by atoms with Gasteiger partial charge in [0.15, 0.2) is 5.58 Å². The Morgan fingerprint density at radius 2 is 2.20 bits per heavy atom. The lowest BCUT2D eigenvalue weighted by atomic mass is 9.93. The van der Waals surface area contributed by atoms with Crippen molar-refractivity contribution in [2.75, 3.05) is 17.2 Å². The van der Waals surface area contributed by atoms with Crippen LogP contribution in [-0.4, -0.2) is 28.6 Å². The second kappa shape index (κ2) is 4.99. The van der Waals surface area contributed by atoms with Crippen molar-refractivity contribution in [3.05, 3.63) is 23.8 Å². The molecule has 1 aliphatic heterocycles. The van der Waals surface area contributed by atoms with E-state index in [1.165, 1.54) is 37.0 Å². The molecule has 2 aromatic rings. The highest BCUT2D eigenvalue weighted by molar-refractivity contribution is 8.00. The van der Waals surface area contributed by atoms with Gasteiger partial charge in [0.05, 0.1) is 0 Å². The van der Waals surface area contributed by atoms with E-state index in [4.69, 9.17) is 9.40 Å². The van der Waals surface area contributed by atoms with Crippen LogP contribution in [0.5, 0.6) is 0 Å². The first kappa shape index (κ1) is 12.6. The van der Waals surface area contributed by atoms with E-state index in [9.17, 15) is 0 Å². The summed E-state index contributed by atoms with van der Waals surface area (Å²) < 4.78 is 6.02. The van der Waals surface area contributed by atoms with E-state index in [-0.39, 0.29) is 0 Å². The molecule has 2 heterocycles. The molecule has 106 valence electrons. The maximum atomic E-state index is 6.02. The molecule has 2 atom stereocenters. The minimum absolute atomic E-state index is 0.622. The highest BCUT2D eigenvalue weighted by Gasteiger charge is 2.35. The lowest BCUT2D eigenvalue weighted by molar-refractivity contribution is 0.401. The van der Waals surface area contributed by atoms with Gasteiger partial charge in [-0.2, -0.15) is 16.7 Å². The lowest BCUT2D eigenvalue weighted by Gasteiger charge is -2.42. The van der Waals surface area contributed by atoms with Crippen LogP contribution in [0.1, 0.15) is 31.2 Å². The Hall–Kier alpha value is -1.16. The number of aryl methyl sites for hydroxylation is 1. The molecule has 1 aromatic heterocycles. The van der Waals surface area contributed by atoms with Crippen LogP contribution >= 0.6 is 11.8 Å². The maximum Gasteiger partial charge on any atom is 0.298 e. The zero-order valence-electron chi connectivity index (χ0n) is 11.8. The van der Waals surface area contributed by atoms with E-state index >= 15 is 0 Å². The molecule has 20 heavy (non-hydrogen) atoms. The van der Waals surface area contributed by atoms with Crippen molar-refractivity contribution in [1.29, 1.82) is 0 Å². The van der Waals surface area contributed by atoms with Gasteiger partial charge in [0.2, 0.25) is 0 Å². The number of anilines is 1. The Bertz CT molecular complexity index is 622. The number of aromatic nitrogens is 1. The van der Waals surface area contributed by atoms with E-state index < -0.39 is 0 Å². The van der Waals surface area contributed by atoms with Gasteiger partial charge in [-0.25, -0.2) is 0 Å². The molecule has 0 N–H and O–H groups in total. The number of fused-ring (bicyclic) bond motifs is 2. The van der Waals surface area contributed by atoms with Crippen LogP contribution in [0.2, 0.25) is 0 Å². The van der Waals surface area contributed by atoms with Crippen molar-refractivity contribution in [2.45, 2.75) is 43.9 Å². The number of benzene rings is 1. The van der Waals surface area contributed by atoms with Gasteiger partial charge >= 0.3 is 0 Å². The predicted octanol–water partition coefficient (Wildman–Crippen LogP) is 4.00. The molecule has 1 saturated heterocycles. The standard InChI is InChI=1S/C16H20N2OS/c1-11-6-7-14-12(10-11)17-16(19-14)18-8-9-20-15-5-3-2-4-13(15)18/h6-7,10,13,15H,2-5,8-9H2,1H3/t13-,15-/m0/s1. The smallest absolute Gasteiger partial charge is 0.298 e. The third kappa shape index (κ3) is 2.10. The molecule has 0 radical (unpaired) electrons. The Morgan fingerprint density at radius 3 is 3.15 bits per heavy atom. The Morgan fingerprint density at radius 1 is 1.30 bits per heavy atom. The molecule has 0 spiro atoms. The van der Waals surface area contributed by atoms with Gasteiger partial charge in [0, 0.05) is 23.6 Å². The van der Waals surface area contributed by atoms with Crippen LogP contribution in [0.15, 0.2) is 22.6 Å². The summed E-state index contributed by atoms with van der Waals surface area (Å²) in [7, 11) is 0. The lowest BCUT2D eigenvalue weighted by Crippen LogP contribution is -2.49. The quantitative estimate of drug-likeness (QED) is 0.793. The van der Waals surface area contributed by atoms with Crippen molar-refractivity contribution in [2.24, 2.45) is 0 Å². The zero-order valence-corrected chi connectivity index (χ0v) is 12.7. The summed E-state index contributed by atoms with van der Waals surface area (Å²) >= 11 is 2.14. The van der Waals surface area contributed by atoms with E-state index in [0.29, 0.717) is 6.04 Å². The van der Waals surface area contributed by atoms with Gasteiger partial charge in [-0.3, -0.25) is 0 Å². The fourth-order valence-corrected chi connectivity index (χ4v) is 4.93. The highest BCUT2D eigenvalue weighted by Crippen LogP contribution is 2.38. The molecule has 1 aromatic carbocycles. The minimum atomic E-state index is 0.622. The first-order chi connectivity index (χ1) is 9.81. The van der Waals surface area contributed by atoms with Crippen LogP contribution in [-0.2, 0) is 0 Å². The largest absolute Gasteiger partial charge is 0.423 e. The van der Waals surface area contributed by atoms with Gasteiger partial charge in [0.1, 0.15) is 5.52 Å². The van der Waals surface area contributed by atoms with Gasteiger partial charge in [-0.15, -0.1) is 0 Å². The second-order valence-corrected chi connectivity index (χ2v) is 7.27. The highest BCUT2D eigenvalue weighted by atomic mass is 32.2. The van der Waals surface area contributed by atoms with E-state index in [1.54, 1.807) is 0 Å². The van der Waals surface area contributed by atoms with Crippen LogP contribution in [0.3, 0.4) is 0 Å². The average Bonchev–Trinajstić information content (AvgIpc) is 2.89. The number of rotatable bonds is 1. The number of hydrogen-bond donors (Lipinski definition) is 0. The molecule has 2 aliphatic rings. The number of hydrogen-bond acceptors (Lipinski definition) is 4. The zero-order chi connectivity index (χ0) is 13.5. The van der Waals surface area contributed by atoms with Crippen LogP contribution in [0.25, 0.3) is 11.1 Å². The molecule has 0 unspecified atom stereocenters. The first-order valence-corrected chi connectivity index (χ1v) is 8.61. The SMILES string of the molecule is Cc1ccc2oc(N3CCS[C@H]4CCCC[C@@H]43)nc2c1. The summed E-state index contributed by atoms with van der Waals surface area (Å²) in [6, 6.07) is 7.70. The van der Waals surface area contributed by atoms with E-state index in [2.05, 4.69) is 35.7 Å². The Balaban J connectivity index is 1.69. The van der Waals surface area contributed by atoms with Crippen molar-refractivity contribution >= 4 is 28.9 Å². The number of thioether (sulfide) groups is 1. The summed E-state index contributed by atoms with van der Waals surface area (Å²) in [5.74, 6) is 1.19. The predicted molar refractivity (Wildman–Crippen MR) is 84.6 cm³/mol. The van der Waals surface area contributed by atoms with Crippen molar-refractivity contribution in [3.63, 3.8) is 0 Å². The third-order valence-corrected chi connectivity index (χ3v) is 5.91. The normalized spacial score (nSPS) is 26.8. The topological polar surface area (TPSA) is 29.3 Å². The molecule has 3 nitrogen and oxygen atoms in total.